The lowest BCUT2D eigenvalue weighted by molar-refractivity contribution is -0.113. The molecule has 0 fully saturated rings. The first-order valence-electron chi connectivity index (χ1n) is 9.60. The normalized spacial score (nSPS) is 15.7. The molecule has 0 radical (unpaired) electrons. The number of benzene rings is 2. The van der Waals surface area contributed by atoms with Gasteiger partial charge in [-0.3, -0.25) is 4.79 Å². The smallest absolute Gasteiger partial charge is 0.235 e. The van der Waals surface area contributed by atoms with Crippen LogP contribution in [0, 0.1) is 6.92 Å². The monoisotopic (exact) mass is 421 g/mol. The molecule has 1 N–H and O–H groups in total. The first kappa shape index (κ1) is 20.1. The molecule has 1 aromatic heterocycles. The molecular formula is C23H23N3O3S. The number of nitrogens with zero attached hydrogens (tertiary/aromatic N) is 2. The Hall–Kier alpha value is -3.19. The number of amides is 1. The number of fused-ring (bicyclic) bond motifs is 1. The predicted molar refractivity (Wildman–Crippen MR) is 120 cm³/mol. The van der Waals surface area contributed by atoms with E-state index in [0.29, 0.717) is 29.7 Å². The molecule has 1 aliphatic heterocycles. The third-order valence-electron chi connectivity index (χ3n) is 4.86. The molecular weight excluding hydrogens is 398 g/mol. The Bertz CT molecular complexity index is 1080. The maximum Gasteiger partial charge on any atom is 0.235 e. The van der Waals surface area contributed by atoms with Gasteiger partial charge in [0.1, 0.15) is 12.4 Å². The molecule has 7 heteroatoms. The van der Waals surface area contributed by atoms with Crippen LogP contribution in [0.5, 0.6) is 11.5 Å². The fourth-order valence-corrected chi connectivity index (χ4v) is 4.70. The van der Waals surface area contributed by atoms with Gasteiger partial charge in [0.15, 0.2) is 11.5 Å². The number of ether oxygens (including phenoxy) is 2. The van der Waals surface area contributed by atoms with Gasteiger partial charge in [0, 0.05) is 5.56 Å². The molecule has 1 amide bonds. The van der Waals surface area contributed by atoms with Crippen LogP contribution in [0.15, 0.2) is 61.2 Å². The molecule has 0 spiro atoms. The Balaban J connectivity index is 1.81. The van der Waals surface area contributed by atoms with Crippen LogP contribution in [-0.2, 0) is 4.79 Å². The number of carbonyl (C=O) groups is 1. The highest BCUT2D eigenvalue weighted by molar-refractivity contribution is 8.00. The topological polar surface area (TPSA) is 65.4 Å². The minimum atomic E-state index is -0.0706. The van der Waals surface area contributed by atoms with Crippen LogP contribution < -0.4 is 14.8 Å². The van der Waals surface area contributed by atoms with Crippen LogP contribution in [0.3, 0.4) is 0 Å². The van der Waals surface area contributed by atoms with E-state index in [9.17, 15) is 4.79 Å². The van der Waals surface area contributed by atoms with Crippen LogP contribution in [0.4, 0.5) is 5.82 Å². The van der Waals surface area contributed by atoms with E-state index in [1.807, 2.05) is 55.5 Å². The quantitative estimate of drug-likeness (QED) is 0.593. The SMILES string of the molecule is C=CCOc1ccc(C2SCC(=O)Nc3c2c(C)nn3-c2ccccc2)cc1OC. The number of methoxy groups -OCH3 is 1. The third kappa shape index (κ3) is 3.80. The Labute approximate surface area is 179 Å². The first-order chi connectivity index (χ1) is 14.6. The van der Waals surface area contributed by atoms with Crippen molar-refractivity contribution in [3.63, 3.8) is 0 Å². The Morgan fingerprint density at radius 1 is 1.27 bits per heavy atom. The molecule has 2 aromatic carbocycles. The van der Waals surface area contributed by atoms with Gasteiger partial charge in [0.2, 0.25) is 5.91 Å². The van der Waals surface area contributed by atoms with Gasteiger partial charge in [-0.1, -0.05) is 36.9 Å². The fraction of sp³-hybridized carbons (Fsp3) is 0.217. The molecule has 4 rings (SSSR count). The molecule has 154 valence electrons. The number of hydrogen-bond acceptors (Lipinski definition) is 5. The summed E-state index contributed by atoms with van der Waals surface area (Å²) in [5.74, 6) is 2.33. The van der Waals surface area contributed by atoms with Gasteiger partial charge in [-0.05, 0) is 36.8 Å². The number of aryl methyl sites for hydroxylation is 1. The lowest BCUT2D eigenvalue weighted by Gasteiger charge is -2.18. The van der Waals surface area contributed by atoms with Crippen molar-refractivity contribution >= 4 is 23.5 Å². The Morgan fingerprint density at radius 3 is 2.80 bits per heavy atom. The van der Waals surface area contributed by atoms with E-state index in [2.05, 4.69) is 11.9 Å². The van der Waals surface area contributed by atoms with Crippen molar-refractivity contribution in [2.45, 2.75) is 12.2 Å². The molecule has 0 bridgehead atoms. The maximum atomic E-state index is 12.5. The predicted octanol–water partition coefficient (Wildman–Crippen LogP) is 4.53. The molecule has 6 nitrogen and oxygen atoms in total. The highest BCUT2D eigenvalue weighted by Gasteiger charge is 2.31. The molecule has 30 heavy (non-hydrogen) atoms. The lowest BCUT2D eigenvalue weighted by atomic mass is 10.0. The van der Waals surface area contributed by atoms with E-state index in [1.165, 1.54) is 0 Å². The summed E-state index contributed by atoms with van der Waals surface area (Å²) in [7, 11) is 1.62. The largest absolute Gasteiger partial charge is 0.493 e. The first-order valence-corrected chi connectivity index (χ1v) is 10.6. The Kier molecular flexibility index (Phi) is 5.81. The number of nitrogens with one attached hydrogen (secondary N) is 1. The van der Waals surface area contributed by atoms with E-state index in [0.717, 1.165) is 22.5 Å². The van der Waals surface area contributed by atoms with Gasteiger partial charge in [0.05, 0.1) is 29.5 Å². The van der Waals surface area contributed by atoms with E-state index in [-0.39, 0.29) is 11.2 Å². The summed E-state index contributed by atoms with van der Waals surface area (Å²) in [4.78, 5) is 12.5. The minimum absolute atomic E-state index is 0.0428. The molecule has 1 aliphatic rings. The summed E-state index contributed by atoms with van der Waals surface area (Å²) in [6, 6.07) is 15.7. The van der Waals surface area contributed by atoms with Gasteiger partial charge >= 0.3 is 0 Å². The van der Waals surface area contributed by atoms with Crippen molar-refractivity contribution in [1.82, 2.24) is 9.78 Å². The average Bonchev–Trinajstić information content (AvgIpc) is 2.98. The van der Waals surface area contributed by atoms with Crippen LogP contribution in [0.1, 0.15) is 22.1 Å². The zero-order valence-corrected chi connectivity index (χ0v) is 17.7. The summed E-state index contributed by atoms with van der Waals surface area (Å²) < 4.78 is 13.0. The lowest BCUT2D eigenvalue weighted by Crippen LogP contribution is -2.15. The molecule has 3 aromatic rings. The number of anilines is 1. The maximum absolute atomic E-state index is 12.5. The molecule has 0 saturated carbocycles. The van der Waals surface area contributed by atoms with Crippen molar-refractivity contribution in [2.24, 2.45) is 0 Å². The second-order valence-corrected chi connectivity index (χ2v) is 7.94. The molecule has 2 heterocycles. The molecule has 1 atom stereocenters. The Morgan fingerprint density at radius 2 is 2.07 bits per heavy atom. The van der Waals surface area contributed by atoms with Crippen LogP contribution in [0.2, 0.25) is 0 Å². The minimum Gasteiger partial charge on any atom is -0.493 e. The van der Waals surface area contributed by atoms with E-state index < -0.39 is 0 Å². The standard InChI is InChI=1S/C23H23N3O3S/c1-4-12-29-18-11-10-16(13-19(18)28-3)22-21-15(2)25-26(17-8-6-5-7-9-17)23(21)24-20(27)14-30-22/h4-11,13,22H,1,12,14H2,2-3H3,(H,24,27). The zero-order chi connectivity index (χ0) is 21.1. The number of rotatable bonds is 6. The van der Waals surface area contributed by atoms with Crippen LogP contribution in [0.25, 0.3) is 5.69 Å². The molecule has 0 saturated heterocycles. The van der Waals surface area contributed by atoms with Gasteiger partial charge < -0.3 is 14.8 Å². The summed E-state index contributed by atoms with van der Waals surface area (Å²) in [5.41, 5.74) is 3.80. The van der Waals surface area contributed by atoms with Gasteiger partial charge in [0.25, 0.3) is 0 Å². The number of hydrogen-bond donors (Lipinski definition) is 1. The van der Waals surface area contributed by atoms with Gasteiger partial charge in [-0.25, -0.2) is 4.68 Å². The number of thioether (sulfide) groups is 1. The summed E-state index contributed by atoms with van der Waals surface area (Å²) >= 11 is 1.58. The van der Waals surface area contributed by atoms with E-state index in [1.54, 1.807) is 29.6 Å². The second kappa shape index (κ2) is 8.67. The van der Waals surface area contributed by atoms with Crippen LogP contribution >= 0.6 is 11.8 Å². The van der Waals surface area contributed by atoms with Crippen molar-refractivity contribution in [2.75, 3.05) is 24.8 Å². The van der Waals surface area contributed by atoms with E-state index >= 15 is 0 Å². The van der Waals surface area contributed by atoms with Crippen molar-refractivity contribution in [1.29, 1.82) is 0 Å². The number of para-hydroxylation sites is 1. The third-order valence-corrected chi connectivity index (χ3v) is 6.13. The van der Waals surface area contributed by atoms with Crippen molar-refractivity contribution < 1.29 is 14.3 Å². The number of aromatic nitrogens is 2. The zero-order valence-electron chi connectivity index (χ0n) is 16.9. The summed E-state index contributed by atoms with van der Waals surface area (Å²) in [5, 5.41) is 7.72. The van der Waals surface area contributed by atoms with E-state index in [4.69, 9.17) is 14.6 Å². The van der Waals surface area contributed by atoms with Crippen LogP contribution in [-0.4, -0.2) is 35.2 Å². The molecule has 0 aliphatic carbocycles. The molecule has 1 unspecified atom stereocenters. The summed E-state index contributed by atoms with van der Waals surface area (Å²) in [6.07, 6.45) is 1.69. The van der Waals surface area contributed by atoms with Crippen molar-refractivity contribution in [3.8, 4) is 17.2 Å². The van der Waals surface area contributed by atoms with Crippen molar-refractivity contribution in [3.05, 3.63) is 78.0 Å². The van der Waals surface area contributed by atoms with Gasteiger partial charge in [-0.2, -0.15) is 5.10 Å². The second-order valence-electron chi connectivity index (χ2n) is 6.84. The van der Waals surface area contributed by atoms with Gasteiger partial charge in [-0.15, -0.1) is 11.8 Å². The highest BCUT2D eigenvalue weighted by atomic mass is 32.2. The number of carbonyl (C=O) groups excluding carboxylic acids is 1. The average molecular weight is 422 g/mol. The summed E-state index contributed by atoms with van der Waals surface area (Å²) in [6.45, 7) is 6.06. The fourth-order valence-electron chi connectivity index (χ4n) is 3.52. The highest BCUT2D eigenvalue weighted by Crippen LogP contribution is 2.45.